The van der Waals surface area contributed by atoms with Gasteiger partial charge in [-0.1, -0.05) is 6.07 Å². The van der Waals surface area contributed by atoms with E-state index in [1.807, 2.05) is 18.2 Å². The molecule has 0 atom stereocenters. The number of fused-ring (bicyclic) bond motifs is 1. The van der Waals surface area contributed by atoms with Crippen molar-refractivity contribution in [2.75, 3.05) is 13.3 Å². The molecule has 6 nitrogen and oxygen atoms in total. The van der Waals surface area contributed by atoms with E-state index < -0.39 is 18.9 Å². The molecular formula is C15H15F2N3O3. The molecule has 3 rings (SSSR count). The fourth-order valence-corrected chi connectivity index (χ4v) is 2.23. The van der Waals surface area contributed by atoms with E-state index in [-0.39, 0.29) is 12.5 Å². The molecule has 2 aromatic rings. The van der Waals surface area contributed by atoms with Crippen LogP contribution in [0.3, 0.4) is 0 Å². The Labute approximate surface area is 131 Å². The number of halogens is 2. The first-order valence-corrected chi connectivity index (χ1v) is 7.10. The minimum atomic E-state index is -2.50. The van der Waals surface area contributed by atoms with E-state index in [9.17, 15) is 13.6 Å². The fourth-order valence-electron chi connectivity index (χ4n) is 2.23. The summed E-state index contributed by atoms with van der Waals surface area (Å²) in [7, 11) is 0. The summed E-state index contributed by atoms with van der Waals surface area (Å²) in [6.07, 6.45) is -0.532. The van der Waals surface area contributed by atoms with Gasteiger partial charge in [-0.25, -0.2) is 8.78 Å². The molecule has 1 amide bonds. The lowest BCUT2D eigenvalue weighted by Crippen LogP contribution is -2.26. The third-order valence-corrected chi connectivity index (χ3v) is 3.33. The van der Waals surface area contributed by atoms with E-state index in [2.05, 4.69) is 10.4 Å². The summed E-state index contributed by atoms with van der Waals surface area (Å²) in [6, 6.07) is 7.01. The molecule has 122 valence electrons. The molecule has 1 aromatic carbocycles. The van der Waals surface area contributed by atoms with E-state index in [0.29, 0.717) is 24.5 Å². The van der Waals surface area contributed by atoms with Gasteiger partial charge in [-0.2, -0.15) is 5.10 Å². The van der Waals surface area contributed by atoms with Crippen LogP contribution in [0.15, 0.2) is 30.5 Å². The second kappa shape index (κ2) is 6.64. The highest BCUT2D eigenvalue weighted by Crippen LogP contribution is 2.32. The van der Waals surface area contributed by atoms with Crippen molar-refractivity contribution in [1.82, 2.24) is 15.1 Å². The first kappa shape index (κ1) is 15.3. The molecule has 2 heterocycles. The molecule has 0 radical (unpaired) electrons. The minimum Gasteiger partial charge on any atom is -0.454 e. The lowest BCUT2D eigenvalue weighted by molar-refractivity contribution is 0.0943. The number of ether oxygens (including phenoxy) is 2. The van der Waals surface area contributed by atoms with Crippen molar-refractivity contribution in [2.24, 2.45) is 0 Å². The van der Waals surface area contributed by atoms with Crippen molar-refractivity contribution in [3.63, 3.8) is 0 Å². The van der Waals surface area contributed by atoms with Crippen molar-refractivity contribution >= 4 is 5.91 Å². The quantitative estimate of drug-likeness (QED) is 0.881. The van der Waals surface area contributed by atoms with Crippen LogP contribution >= 0.6 is 0 Å². The maximum atomic E-state index is 12.2. The Kier molecular flexibility index (Phi) is 4.40. The van der Waals surface area contributed by atoms with Gasteiger partial charge in [-0.05, 0) is 30.2 Å². The molecule has 1 aliphatic heterocycles. The zero-order valence-corrected chi connectivity index (χ0v) is 12.2. The number of carbonyl (C=O) groups excluding carboxylic acids is 1. The predicted octanol–water partition coefficient (Wildman–Crippen LogP) is 1.85. The Hall–Kier alpha value is -2.64. The van der Waals surface area contributed by atoms with Crippen molar-refractivity contribution in [1.29, 1.82) is 0 Å². The standard InChI is InChI=1S/C15H15F2N3O3/c16-14(17)8-20-6-4-11(19-20)15(21)18-5-3-10-1-2-12-13(7-10)23-9-22-12/h1-2,4,6-7,14H,3,5,8-9H2,(H,18,21). The number of alkyl halides is 2. The Morgan fingerprint density at radius 3 is 2.96 bits per heavy atom. The van der Waals surface area contributed by atoms with Crippen LogP contribution < -0.4 is 14.8 Å². The molecule has 23 heavy (non-hydrogen) atoms. The van der Waals surface area contributed by atoms with Gasteiger partial charge in [0.15, 0.2) is 11.5 Å². The smallest absolute Gasteiger partial charge is 0.271 e. The van der Waals surface area contributed by atoms with Gasteiger partial charge in [0.25, 0.3) is 12.3 Å². The number of hydrogen-bond donors (Lipinski definition) is 1. The Morgan fingerprint density at radius 2 is 2.13 bits per heavy atom. The summed E-state index contributed by atoms with van der Waals surface area (Å²) in [4.78, 5) is 11.9. The van der Waals surface area contributed by atoms with Gasteiger partial charge in [-0.3, -0.25) is 9.48 Å². The normalized spacial score (nSPS) is 12.7. The summed E-state index contributed by atoms with van der Waals surface area (Å²) in [5, 5.41) is 6.52. The number of amides is 1. The molecule has 0 fully saturated rings. The third-order valence-electron chi connectivity index (χ3n) is 3.33. The number of nitrogens with zero attached hydrogens (tertiary/aromatic N) is 2. The van der Waals surface area contributed by atoms with Crippen molar-refractivity contribution in [2.45, 2.75) is 19.4 Å². The fraction of sp³-hybridized carbons (Fsp3) is 0.333. The molecule has 0 unspecified atom stereocenters. The van der Waals surface area contributed by atoms with Crippen LogP contribution in [0.4, 0.5) is 8.78 Å². The van der Waals surface area contributed by atoms with Crippen LogP contribution in [0, 0.1) is 0 Å². The average molecular weight is 323 g/mol. The highest BCUT2D eigenvalue weighted by molar-refractivity contribution is 5.92. The highest BCUT2D eigenvalue weighted by Gasteiger charge is 2.14. The zero-order chi connectivity index (χ0) is 16.2. The highest BCUT2D eigenvalue weighted by atomic mass is 19.3. The van der Waals surface area contributed by atoms with E-state index in [1.54, 1.807) is 0 Å². The number of nitrogens with one attached hydrogen (secondary N) is 1. The average Bonchev–Trinajstić information content (AvgIpc) is 3.15. The first-order chi connectivity index (χ1) is 11.1. The molecule has 1 aliphatic rings. The molecule has 1 aromatic heterocycles. The number of benzene rings is 1. The molecule has 0 aliphatic carbocycles. The second-order valence-electron chi connectivity index (χ2n) is 5.01. The Bertz CT molecular complexity index is 703. The minimum absolute atomic E-state index is 0.122. The Balaban J connectivity index is 1.50. The predicted molar refractivity (Wildman–Crippen MR) is 76.8 cm³/mol. The molecule has 8 heteroatoms. The largest absolute Gasteiger partial charge is 0.454 e. The van der Waals surface area contributed by atoms with Gasteiger partial charge in [0.1, 0.15) is 12.2 Å². The van der Waals surface area contributed by atoms with E-state index in [4.69, 9.17) is 9.47 Å². The van der Waals surface area contributed by atoms with Crippen LogP contribution in [-0.4, -0.2) is 35.5 Å². The number of rotatable bonds is 6. The van der Waals surface area contributed by atoms with Gasteiger partial charge in [-0.15, -0.1) is 0 Å². The van der Waals surface area contributed by atoms with Crippen molar-refractivity contribution in [3.8, 4) is 11.5 Å². The number of aromatic nitrogens is 2. The van der Waals surface area contributed by atoms with Gasteiger partial charge < -0.3 is 14.8 Å². The van der Waals surface area contributed by atoms with Gasteiger partial charge in [0.05, 0.1) is 0 Å². The van der Waals surface area contributed by atoms with Crippen molar-refractivity contribution in [3.05, 3.63) is 41.7 Å². The summed E-state index contributed by atoms with van der Waals surface area (Å²) in [5.41, 5.74) is 1.12. The lowest BCUT2D eigenvalue weighted by atomic mass is 10.1. The van der Waals surface area contributed by atoms with Crippen LogP contribution in [0.25, 0.3) is 0 Å². The van der Waals surface area contributed by atoms with Crippen LogP contribution in [0.2, 0.25) is 0 Å². The topological polar surface area (TPSA) is 65.4 Å². The molecule has 0 saturated carbocycles. The molecule has 1 N–H and O–H groups in total. The zero-order valence-electron chi connectivity index (χ0n) is 12.2. The third kappa shape index (κ3) is 3.77. The molecule has 0 bridgehead atoms. The number of hydrogen-bond acceptors (Lipinski definition) is 4. The maximum absolute atomic E-state index is 12.2. The van der Waals surface area contributed by atoms with Crippen LogP contribution in [0.1, 0.15) is 16.1 Å². The molecule has 0 spiro atoms. The SMILES string of the molecule is O=C(NCCc1ccc2c(c1)OCO2)c1ccn(CC(F)F)n1. The summed E-state index contributed by atoms with van der Waals surface area (Å²) < 4.78 is 36.0. The number of carbonyl (C=O) groups is 1. The van der Waals surface area contributed by atoms with Crippen LogP contribution in [0.5, 0.6) is 11.5 Å². The summed E-state index contributed by atoms with van der Waals surface area (Å²) in [6.45, 7) is 0.0987. The molecule has 0 saturated heterocycles. The van der Waals surface area contributed by atoms with E-state index >= 15 is 0 Å². The van der Waals surface area contributed by atoms with Gasteiger partial charge >= 0.3 is 0 Å². The lowest BCUT2D eigenvalue weighted by Gasteiger charge is -2.05. The Morgan fingerprint density at radius 1 is 1.30 bits per heavy atom. The molecular weight excluding hydrogens is 308 g/mol. The van der Waals surface area contributed by atoms with Crippen molar-refractivity contribution < 1.29 is 23.0 Å². The van der Waals surface area contributed by atoms with E-state index in [1.165, 1.54) is 12.3 Å². The summed E-state index contributed by atoms with van der Waals surface area (Å²) in [5.74, 6) is 1.01. The van der Waals surface area contributed by atoms with E-state index in [0.717, 1.165) is 10.2 Å². The van der Waals surface area contributed by atoms with Gasteiger partial charge in [0.2, 0.25) is 6.79 Å². The monoisotopic (exact) mass is 323 g/mol. The maximum Gasteiger partial charge on any atom is 0.271 e. The van der Waals surface area contributed by atoms with Gasteiger partial charge in [0, 0.05) is 12.7 Å². The summed E-state index contributed by atoms with van der Waals surface area (Å²) >= 11 is 0. The first-order valence-electron chi connectivity index (χ1n) is 7.10. The van der Waals surface area contributed by atoms with Crippen LogP contribution in [-0.2, 0) is 13.0 Å². The second-order valence-corrected chi connectivity index (χ2v) is 5.01.